The number of morpholine rings is 1. The van der Waals surface area contributed by atoms with E-state index in [0.29, 0.717) is 6.54 Å². The number of aromatic nitrogens is 1. The first-order chi connectivity index (χ1) is 15.1. The smallest absolute Gasteiger partial charge is 0.191 e. The van der Waals surface area contributed by atoms with Crippen molar-refractivity contribution in [1.82, 2.24) is 15.6 Å². The molecule has 1 saturated heterocycles. The number of anilines is 1. The second-order valence-corrected chi connectivity index (χ2v) is 7.84. The maximum Gasteiger partial charge on any atom is 0.191 e. The Labute approximate surface area is 185 Å². The summed E-state index contributed by atoms with van der Waals surface area (Å²) >= 11 is 0. The van der Waals surface area contributed by atoms with Crippen molar-refractivity contribution in [1.29, 1.82) is 0 Å². The number of rotatable bonds is 8. The highest BCUT2D eigenvalue weighted by atomic mass is 16.5. The summed E-state index contributed by atoms with van der Waals surface area (Å²) in [7, 11) is 1.71. The third-order valence-corrected chi connectivity index (χ3v) is 5.26. The molecule has 2 N–H and O–H groups in total. The predicted octanol–water partition coefficient (Wildman–Crippen LogP) is 2.92. The monoisotopic (exact) mass is 425 g/mol. The van der Waals surface area contributed by atoms with Crippen LogP contribution in [0.4, 0.5) is 5.82 Å². The molecule has 0 spiro atoms. The number of hydrogen-bond acceptors (Lipinski definition) is 5. The number of ether oxygens (including phenoxy) is 2. The van der Waals surface area contributed by atoms with Gasteiger partial charge in [-0.15, -0.1) is 0 Å². The molecule has 1 atom stereocenters. The number of guanidine groups is 1. The average Bonchev–Trinajstić information content (AvgIpc) is 2.78. The fraction of sp³-hybridized carbons (Fsp3) is 0.500. The highest BCUT2D eigenvalue weighted by Crippen LogP contribution is 2.20. The Morgan fingerprint density at radius 3 is 2.87 bits per heavy atom. The van der Waals surface area contributed by atoms with Crippen LogP contribution in [0.15, 0.2) is 41.5 Å². The molecule has 1 aliphatic rings. The Kier molecular flexibility index (Phi) is 8.53. The van der Waals surface area contributed by atoms with Gasteiger partial charge in [0.2, 0.25) is 0 Å². The molecule has 0 radical (unpaired) electrons. The summed E-state index contributed by atoms with van der Waals surface area (Å²) in [5.74, 6) is 2.73. The van der Waals surface area contributed by atoms with E-state index >= 15 is 0 Å². The number of hydrogen-bond donors (Lipinski definition) is 2. The van der Waals surface area contributed by atoms with Crippen molar-refractivity contribution in [2.24, 2.45) is 4.99 Å². The minimum Gasteiger partial charge on any atom is -0.496 e. The number of methoxy groups -OCH3 is 1. The van der Waals surface area contributed by atoms with Crippen LogP contribution >= 0.6 is 0 Å². The van der Waals surface area contributed by atoms with Crippen LogP contribution in [-0.4, -0.2) is 56.9 Å². The molecule has 1 fully saturated rings. The van der Waals surface area contributed by atoms with Gasteiger partial charge >= 0.3 is 0 Å². The highest BCUT2D eigenvalue weighted by molar-refractivity contribution is 5.79. The lowest BCUT2D eigenvalue weighted by molar-refractivity contribution is 0.0529. The molecule has 0 saturated carbocycles. The summed E-state index contributed by atoms with van der Waals surface area (Å²) in [5, 5.41) is 6.73. The molecule has 1 aromatic heterocycles. The van der Waals surface area contributed by atoms with Gasteiger partial charge in [-0.2, -0.15) is 0 Å². The maximum absolute atomic E-state index is 5.61. The van der Waals surface area contributed by atoms with Gasteiger partial charge in [0.15, 0.2) is 5.96 Å². The van der Waals surface area contributed by atoms with E-state index in [4.69, 9.17) is 14.5 Å². The Hall–Kier alpha value is -2.80. The molecule has 0 bridgehead atoms. The number of nitrogens with zero attached hydrogens (tertiary/aromatic N) is 3. The zero-order valence-corrected chi connectivity index (χ0v) is 19.1. The van der Waals surface area contributed by atoms with E-state index in [2.05, 4.69) is 65.6 Å². The standard InChI is InChI=1S/C24H35N5O2/c1-5-25-24(26-11-10-21-14-18(2)6-8-22(21)30-4)28-16-20-7-9-23(27-15-20)29-12-13-31-19(3)17-29/h6-9,14-15,19H,5,10-13,16-17H2,1-4H3,(H2,25,26,28). The molecule has 7 nitrogen and oxygen atoms in total. The molecule has 2 aromatic rings. The molecule has 2 heterocycles. The molecule has 7 heteroatoms. The van der Waals surface area contributed by atoms with Gasteiger partial charge in [-0.3, -0.25) is 0 Å². The first-order valence-electron chi connectivity index (χ1n) is 11.1. The van der Waals surface area contributed by atoms with Gasteiger partial charge in [0.1, 0.15) is 11.6 Å². The summed E-state index contributed by atoms with van der Waals surface area (Å²) in [5.41, 5.74) is 3.52. The van der Waals surface area contributed by atoms with Gasteiger partial charge in [-0.25, -0.2) is 9.98 Å². The van der Waals surface area contributed by atoms with Crippen molar-refractivity contribution in [3.05, 3.63) is 53.2 Å². The quantitative estimate of drug-likeness (QED) is 0.501. The number of nitrogens with one attached hydrogen (secondary N) is 2. The predicted molar refractivity (Wildman–Crippen MR) is 126 cm³/mol. The molecule has 31 heavy (non-hydrogen) atoms. The van der Waals surface area contributed by atoms with Crippen molar-refractivity contribution in [2.75, 3.05) is 44.8 Å². The molecule has 168 valence electrons. The van der Waals surface area contributed by atoms with E-state index in [1.165, 1.54) is 11.1 Å². The summed E-state index contributed by atoms with van der Waals surface area (Å²) in [4.78, 5) is 11.6. The lowest BCUT2D eigenvalue weighted by atomic mass is 10.1. The Balaban J connectivity index is 1.55. The molecule has 3 rings (SSSR count). The number of aryl methyl sites for hydroxylation is 1. The average molecular weight is 426 g/mol. The molecule has 1 aromatic carbocycles. The van der Waals surface area contributed by atoms with Crippen molar-refractivity contribution in [2.45, 2.75) is 39.8 Å². The topological polar surface area (TPSA) is 71.0 Å². The first kappa shape index (κ1) is 22.9. The van der Waals surface area contributed by atoms with E-state index in [1.54, 1.807) is 7.11 Å². The summed E-state index contributed by atoms with van der Waals surface area (Å²) in [6.45, 7) is 10.9. The van der Waals surface area contributed by atoms with E-state index in [-0.39, 0.29) is 6.10 Å². The zero-order valence-electron chi connectivity index (χ0n) is 19.1. The number of aliphatic imine (C=N–C) groups is 1. The largest absolute Gasteiger partial charge is 0.496 e. The molecule has 0 aliphatic carbocycles. The van der Waals surface area contributed by atoms with Gasteiger partial charge in [-0.1, -0.05) is 23.8 Å². The minimum absolute atomic E-state index is 0.244. The van der Waals surface area contributed by atoms with Crippen molar-refractivity contribution >= 4 is 11.8 Å². The van der Waals surface area contributed by atoms with Crippen LogP contribution in [-0.2, 0) is 17.7 Å². The molecule has 1 aliphatic heterocycles. The van der Waals surface area contributed by atoms with Gasteiger partial charge < -0.3 is 25.0 Å². The molecular weight excluding hydrogens is 390 g/mol. The minimum atomic E-state index is 0.244. The first-order valence-corrected chi connectivity index (χ1v) is 11.1. The van der Waals surface area contributed by atoms with Crippen LogP contribution in [0.3, 0.4) is 0 Å². The lowest BCUT2D eigenvalue weighted by Crippen LogP contribution is -2.41. The van der Waals surface area contributed by atoms with Crippen LogP contribution < -0.4 is 20.3 Å². The summed E-state index contributed by atoms with van der Waals surface area (Å²) in [6, 6.07) is 10.5. The van der Waals surface area contributed by atoms with Gasteiger partial charge in [0.25, 0.3) is 0 Å². The van der Waals surface area contributed by atoms with Crippen LogP contribution in [0.1, 0.15) is 30.5 Å². The van der Waals surface area contributed by atoms with E-state index in [1.807, 2.05) is 12.3 Å². The Morgan fingerprint density at radius 1 is 1.29 bits per heavy atom. The fourth-order valence-electron chi connectivity index (χ4n) is 3.65. The maximum atomic E-state index is 5.61. The van der Waals surface area contributed by atoms with Gasteiger partial charge in [-0.05, 0) is 50.5 Å². The summed E-state index contributed by atoms with van der Waals surface area (Å²) < 4.78 is 11.1. The van der Waals surface area contributed by atoms with Crippen LogP contribution in [0.25, 0.3) is 0 Å². The van der Waals surface area contributed by atoms with Crippen molar-refractivity contribution < 1.29 is 9.47 Å². The Morgan fingerprint density at radius 2 is 2.16 bits per heavy atom. The zero-order chi connectivity index (χ0) is 22.1. The van der Waals surface area contributed by atoms with E-state index < -0.39 is 0 Å². The Bertz CT molecular complexity index is 854. The normalized spacial score (nSPS) is 16.8. The van der Waals surface area contributed by atoms with E-state index in [0.717, 1.165) is 62.3 Å². The SMILES string of the molecule is CCNC(=NCc1ccc(N2CCOC(C)C2)nc1)NCCc1cc(C)ccc1OC. The van der Waals surface area contributed by atoms with E-state index in [9.17, 15) is 0 Å². The molecule has 0 amide bonds. The number of benzene rings is 1. The third kappa shape index (κ3) is 6.85. The molecular formula is C24H35N5O2. The van der Waals surface area contributed by atoms with Crippen molar-refractivity contribution in [3.8, 4) is 5.75 Å². The molecule has 1 unspecified atom stereocenters. The van der Waals surface area contributed by atoms with Crippen LogP contribution in [0, 0.1) is 6.92 Å². The van der Waals surface area contributed by atoms with Crippen LogP contribution in [0.5, 0.6) is 5.75 Å². The lowest BCUT2D eigenvalue weighted by Gasteiger charge is -2.32. The second kappa shape index (κ2) is 11.6. The number of pyridine rings is 1. The highest BCUT2D eigenvalue weighted by Gasteiger charge is 2.17. The van der Waals surface area contributed by atoms with Crippen LogP contribution in [0.2, 0.25) is 0 Å². The van der Waals surface area contributed by atoms with Crippen molar-refractivity contribution in [3.63, 3.8) is 0 Å². The van der Waals surface area contributed by atoms with Gasteiger partial charge in [0, 0.05) is 32.4 Å². The second-order valence-electron chi connectivity index (χ2n) is 7.84. The fourth-order valence-corrected chi connectivity index (χ4v) is 3.65. The van der Waals surface area contributed by atoms with Gasteiger partial charge in [0.05, 0.1) is 26.4 Å². The summed E-state index contributed by atoms with van der Waals surface area (Å²) in [6.07, 6.45) is 3.03. The third-order valence-electron chi connectivity index (χ3n) is 5.26.